The lowest BCUT2D eigenvalue weighted by Gasteiger charge is -2.20. The monoisotopic (exact) mass is 962 g/mol. The van der Waals surface area contributed by atoms with Gasteiger partial charge in [-0.25, -0.2) is 4.57 Å². The molecule has 0 spiro atoms. The van der Waals surface area contributed by atoms with Gasteiger partial charge in [-0.15, -0.1) is 0 Å². The maximum atomic E-state index is 12.7. The second-order valence-electron chi connectivity index (χ2n) is 18.0. The molecule has 0 amide bonds. The van der Waals surface area contributed by atoms with Gasteiger partial charge in [-0.3, -0.25) is 18.6 Å². The highest BCUT2D eigenvalue weighted by molar-refractivity contribution is 7.47. The molecule has 11 heteroatoms. The minimum Gasteiger partial charge on any atom is -0.480 e. The molecule has 0 rings (SSSR count). The third kappa shape index (κ3) is 51.1. The van der Waals surface area contributed by atoms with Crippen molar-refractivity contribution < 1.29 is 42.7 Å². The van der Waals surface area contributed by atoms with Crippen molar-refractivity contribution in [2.75, 3.05) is 26.4 Å². The summed E-state index contributed by atoms with van der Waals surface area (Å²) in [6.45, 7) is 3.84. The molecule has 0 aliphatic carbocycles. The first-order valence-electron chi connectivity index (χ1n) is 27.0. The van der Waals surface area contributed by atoms with Gasteiger partial charge in [0.05, 0.1) is 19.8 Å². The van der Waals surface area contributed by atoms with E-state index in [4.69, 9.17) is 29.4 Å². The zero-order chi connectivity index (χ0) is 49.0. The fraction of sp³-hybridized carbons (Fsp3) is 0.750. The van der Waals surface area contributed by atoms with Crippen LogP contribution in [0.15, 0.2) is 72.9 Å². The Balaban J connectivity index is 4.18. The Morgan fingerprint density at radius 2 is 0.821 bits per heavy atom. The van der Waals surface area contributed by atoms with E-state index in [9.17, 15) is 19.0 Å². The number of hydrogen-bond acceptors (Lipinski definition) is 8. The topological polar surface area (TPSA) is 155 Å². The number of esters is 1. The van der Waals surface area contributed by atoms with Crippen LogP contribution in [0.25, 0.3) is 0 Å². The normalized spacial score (nSPS) is 14.2. The largest absolute Gasteiger partial charge is 0.480 e. The molecule has 10 nitrogen and oxygen atoms in total. The third-order valence-corrected chi connectivity index (χ3v) is 12.4. The van der Waals surface area contributed by atoms with Gasteiger partial charge in [-0.2, -0.15) is 0 Å². The highest BCUT2D eigenvalue weighted by atomic mass is 31.2. The van der Waals surface area contributed by atoms with Crippen LogP contribution in [0.2, 0.25) is 0 Å². The summed E-state index contributed by atoms with van der Waals surface area (Å²) < 4.78 is 33.5. The number of carboxylic acid groups (broad SMARTS) is 1. The first kappa shape index (κ1) is 64.4. The fourth-order valence-electron chi connectivity index (χ4n) is 7.27. The maximum absolute atomic E-state index is 12.7. The predicted molar refractivity (Wildman–Crippen MR) is 281 cm³/mol. The van der Waals surface area contributed by atoms with E-state index < -0.39 is 45.1 Å². The number of rotatable bonds is 51. The Kier molecular flexibility index (Phi) is 49.3. The number of phosphoric acid groups is 1. The van der Waals surface area contributed by atoms with Crippen molar-refractivity contribution in [1.82, 2.24) is 0 Å². The van der Waals surface area contributed by atoms with Crippen molar-refractivity contribution in [2.24, 2.45) is 5.73 Å². The van der Waals surface area contributed by atoms with Gasteiger partial charge in [0.1, 0.15) is 12.1 Å². The van der Waals surface area contributed by atoms with Gasteiger partial charge in [-0.05, 0) is 89.9 Å². The Morgan fingerprint density at radius 1 is 0.478 bits per heavy atom. The van der Waals surface area contributed by atoms with E-state index in [1.165, 1.54) is 128 Å². The lowest BCUT2D eigenvalue weighted by molar-refractivity contribution is -0.154. The Bertz CT molecular complexity index is 1340. The van der Waals surface area contributed by atoms with Crippen LogP contribution in [0.1, 0.15) is 232 Å². The molecule has 0 fully saturated rings. The highest BCUT2D eigenvalue weighted by Crippen LogP contribution is 2.43. The number of carbonyl (C=O) groups is 2. The molecule has 0 bridgehead atoms. The van der Waals surface area contributed by atoms with Crippen LogP contribution in [0.3, 0.4) is 0 Å². The van der Waals surface area contributed by atoms with Crippen molar-refractivity contribution in [3.8, 4) is 0 Å². The SMILES string of the molecule is CCCCCCC/C=C\C/C=C\C/C=C\CCCCCCCCCCC(=O)OC(COCCCCCCCCC/C=C\C/C=C\C/C=C\CCCCCCC)COP(=O)(O)OCC(N)C(=O)O. The lowest BCUT2D eigenvalue weighted by Crippen LogP contribution is -2.34. The predicted octanol–water partition coefficient (Wildman–Crippen LogP) is 16.1. The Labute approximate surface area is 410 Å². The Morgan fingerprint density at radius 3 is 1.22 bits per heavy atom. The van der Waals surface area contributed by atoms with Gasteiger partial charge in [0.25, 0.3) is 0 Å². The second-order valence-corrected chi connectivity index (χ2v) is 19.5. The number of ether oxygens (including phenoxy) is 2. The van der Waals surface area contributed by atoms with Gasteiger partial charge in [0, 0.05) is 13.0 Å². The van der Waals surface area contributed by atoms with Crippen molar-refractivity contribution >= 4 is 19.8 Å². The van der Waals surface area contributed by atoms with Crippen LogP contribution < -0.4 is 5.73 Å². The van der Waals surface area contributed by atoms with E-state index in [-0.39, 0.29) is 13.0 Å². The summed E-state index contributed by atoms with van der Waals surface area (Å²) in [5, 5.41) is 8.94. The number of aliphatic carboxylic acids is 1. The van der Waals surface area contributed by atoms with Crippen LogP contribution in [-0.2, 0) is 32.7 Å². The number of nitrogens with two attached hydrogens (primary N) is 1. The minimum atomic E-state index is -4.63. The molecule has 67 heavy (non-hydrogen) atoms. The van der Waals surface area contributed by atoms with Gasteiger partial charge < -0.3 is 25.2 Å². The number of carboxylic acids is 1. The summed E-state index contributed by atoms with van der Waals surface area (Å²) >= 11 is 0. The lowest BCUT2D eigenvalue weighted by atomic mass is 10.1. The molecule has 0 aromatic carbocycles. The van der Waals surface area contributed by atoms with E-state index in [0.29, 0.717) is 13.0 Å². The summed E-state index contributed by atoms with van der Waals surface area (Å²) in [7, 11) is -4.63. The standard InChI is InChI=1S/C56H100NO9P/c1-3-5-7-9-11-13-15-17-19-21-23-25-27-28-30-32-34-36-38-40-42-44-46-48-55(58)66-53(51-64-67(61,62)65-52-54(57)56(59)60)50-63-49-47-45-43-41-39-37-35-33-31-29-26-24-22-20-18-16-14-12-10-8-6-4-2/h15-18,21-24,27-29,31,53-54H,3-14,19-20,25-26,30,32-52,57H2,1-2H3,(H,59,60)(H,61,62)/b17-15-,18-16-,23-21-,24-22-,28-27-,31-29-. The van der Waals surface area contributed by atoms with E-state index in [1.54, 1.807) is 0 Å². The molecule has 0 heterocycles. The van der Waals surface area contributed by atoms with Crippen LogP contribution >= 0.6 is 7.82 Å². The molecular formula is C56H100NO9P. The molecule has 0 aromatic rings. The molecule has 0 saturated carbocycles. The van der Waals surface area contributed by atoms with Gasteiger partial charge in [-0.1, -0.05) is 209 Å². The molecule has 3 atom stereocenters. The summed E-state index contributed by atoms with van der Waals surface area (Å²) in [5.41, 5.74) is 5.38. The zero-order valence-corrected chi connectivity index (χ0v) is 43.6. The molecule has 388 valence electrons. The van der Waals surface area contributed by atoms with Crippen LogP contribution in [0.4, 0.5) is 0 Å². The number of allylic oxidation sites excluding steroid dienone is 12. The molecule has 0 saturated heterocycles. The fourth-order valence-corrected chi connectivity index (χ4v) is 8.04. The highest BCUT2D eigenvalue weighted by Gasteiger charge is 2.27. The average Bonchev–Trinajstić information content (AvgIpc) is 3.31. The zero-order valence-electron chi connectivity index (χ0n) is 42.7. The van der Waals surface area contributed by atoms with Crippen LogP contribution in [-0.4, -0.2) is 60.5 Å². The van der Waals surface area contributed by atoms with Gasteiger partial charge >= 0.3 is 19.8 Å². The number of carbonyl (C=O) groups excluding carboxylic acids is 1. The smallest absolute Gasteiger partial charge is 0.472 e. The molecule has 4 N–H and O–H groups in total. The van der Waals surface area contributed by atoms with E-state index in [1.807, 2.05) is 0 Å². The number of unbranched alkanes of at least 4 members (excludes halogenated alkanes) is 25. The molecule has 0 aromatic heterocycles. The first-order valence-corrected chi connectivity index (χ1v) is 28.5. The molecule has 0 aliphatic heterocycles. The average molecular weight is 962 g/mol. The summed E-state index contributed by atoms with van der Waals surface area (Å²) in [4.78, 5) is 33.7. The van der Waals surface area contributed by atoms with E-state index >= 15 is 0 Å². The minimum absolute atomic E-state index is 0.00402. The summed E-state index contributed by atoms with van der Waals surface area (Å²) in [6.07, 6.45) is 65.3. The van der Waals surface area contributed by atoms with Crippen LogP contribution in [0.5, 0.6) is 0 Å². The van der Waals surface area contributed by atoms with Crippen molar-refractivity contribution in [3.63, 3.8) is 0 Å². The Hall–Kier alpha value is -2.59. The van der Waals surface area contributed by atoms with Crippen molar-refractivity contribution in [1.29, 1.82) is 0 Å². The van der Waals surface area contributed by atoms with Crippen molar-refractivity contribution in [3.05, 3.63) is 72.9 Å². The van der Waals surface area contributed by atoms with Gasteiger partial charge in [0.2, 0.25) is 0 Å². The number of hydrogen-bond donors (Lipinski definition) is 3. The van der Waals surface area contributed by atoms with Crippen molar-refractivity contribution in [2.45, 2.75) is 244 Å². The molecule has 0 radical (unpaired) electrons. The molecule has 0 aliphatic rings. The molecular weight excluding hydrogens is 862 g/mol. The van der Waals surface area contributed by atoms with E-state index in [0.717, 1.165) is 77.0 Å². The quantitative estimate of drug-likeness (QED) is 0.0232. The molecule has 3 unspecified atom stereocenters. The van der Waals surface area contributed by atoms with Crippen LogP contribution in [0, 0.1) is 0 Å². The summed E-state index contributed by atoms with van der Waals surface area (Å²) in [5.74, 6) is -1.79. The van der Waals surface area contributed by atoms with E-state index in [2.05, 4.69) is 86.8 Å². The first-order chi connectivity index (χ1) is 32.7. The number of phosphoric ester groups is 1. The second kappa shape index (κ2) is 51.3. The summed E-state index contributed by atoms with van der Waals surface area (Å²) in [6, 6.07) is -1.48. The third-order valence-electron chi connectivity index (χ3n) is 11.5. The maximum Gasteiger partial charge on any atom is 0.472 e. The van der Waals surface area contributed by atoms with Gasteiger partial charge in [0.15, 0.2) is 0 Å².